The second kappa shape index (κ2) is 4.87. The molecule has 0 aromatic heterocycles. The lowest BCUT2D eigenvalue weighted by molar-refractivity contribution is 0.445. The first kappa shape index (κ1) is 14.1. The van der Waals surface area contributed by atoms with Crippen LogP contribution in [0, 0.1) is 16.7 Å². The van der Waals surface area contributed by atoms with Gasteiger partial charge in [0.1, 0.15) is 0 Å². The maximum Gasteiger partial charge on any atom is 0.0323 e. The van der Waals surface area contributed by atoms with Gasteiger partial charge in [-0.2, -0.15) is 0 Å². The highest BCUT2D eigenvalue weighted by Crippen LogP contribution is 2.68. The molecule has 1 saturated carbocycles. The van der Waals surface area contributed by atoms with Crippen molar-refractivity contribution in [3.8, 4) is 0 Å². The normalized spacial score (nSPS) is 27.7. The molecule has 2 aliphatic carbocycles. The summed E-state index contributed by atoms with van der Waals surface area (Å²) in [4.78, 5) is 0. The van der Waals surface area contributed by atoms with E-state index in [0.29, 0.717) is 16.9 Å². The van der Waals surface area contributed by atoms with Crippen LogP contribution in [0.25, 0.3) is 0 Å². The number of rotatable bonds is 3. The smallest absolute Gasteiger partial charge is 0.0323 e. The standard InChI is InChI=1S/C19H29N/c1-18(2)17(19(18,3)4)13-20-16-12-8-6-10-14-9-5-7-11-15(14)16/h5,7,9,11,16-17,20H,6,8,10,12-13H2,1-4H3. The summed E-state index contributed by atoms with van der Waals surface area (Å²) in [5, 5.41) is 3.89. The Morgan fingerprint density at radius 2 is 1.75 bits per heavy atom. The molecule has 0 radical (unpaired) electrons. The van der Waals surface area contributed by atoms with Gasteiger partial charge in [-0.25, -0.2) is 0 Å². The molecule has 110 valence electrons. The second-order valence-corrected chi connectivity index (χ2v) is 7.90. The topological polar surface area (TPSA) is 12.0 Å². The Labute approximate surface area is 124 Å². The van der Waals surface area contributed by atoms with E-state index in [2.05, 4.69) is 57.3 Å². The fourth-order valence-electron chi connectivity index (χ4n) is 4.24. The van der Waals surface area contributed by atoms with E-state index in [0.717, 1.165) is 5.92 Å². The lowest BCUT2D eigenvalue weighted by Crippen LogP contribution is -2.25. The van der Waals surface area contributed by atoms with Crippen LogP contribution in [0.3, 0.4) is 0 Å². The first-order chi connectivity index (χ1) is 9.44. The molecule has 1 aromatic rings. The average molecular weight is 271 g/mol. The number of hydrogen-bond donors (Lipinski definition) is 1. The monoisotopic (exact) mass is 271 g/mol. The van der Waals surface area contributed by atoms with Crippen molar-refractivity contribution < 1.29 is 0 Å². The molecular weight excluding hydrogens is 242 g/mol. The molecule has 0 saturated heterocycles. The van der Waals surface area contributed by atoms with Crippen molar-refractivity contribution in [1.82, 2.24) is 5.32 Å². The summed E-state index contributed by atoms with van der Waals surface area (Å²) in [6.07, 6.45) is 5.25. The molecule has 0 heterocycles. The van der Waals surface area contributed by atoms with Crippen LogP contribution in [0.4, 0.5) is 0 Å². The van der Waals surface area contributed by atoms with Gasteiger partial charge in [0.15, 0.2) is 0 Å². The van der Waals surface area contributed by atoms with Crippen LogP contribution < -0.4 is 5.32 Å². The van der Waals surface area contributed by atoms with Crippen LogP contribution >= 0.6 is 0 Å². The van der Waals surface area contributed by atoms with Crippen molar-refractivity contribution in [2.75, 3.05) is 6.54 Å². The fourth-order valence-corrected chi connectivity index (χ4v) is 4.24. The SMILES string of the molecule is CC1(C)C(CNC2CCCCc3ccccc32)C1(C)C. The van der Waals surface area contributed by atoms with Crippen LogP contribution in [0.5, 0.6) is 0 Å². The molecule has 20 heavy (non-hydrogen) atoms. The van der Waals surface area contributed by atoms with Crippen LogP contribution in [0.1, 0.15) is 64.1 Å². The maximum absolute atomic E-state index is 3.89. The Hall–Kier alpha value is -0.820. The molecule has 3 rings (SSSR count). The van der Waals surface area contributed by atoms with Gasteiger partial charge < -0.3 is 5.32 Å². The number of nitrogens with one attached hydrogen (secondary N) is 1. The number of hydrogen-bond acceptors (Lipinski definition) is 1. The number of aryl methyl sites for hydroxylation is 1. The number of benzene rings is 1. The zero-order chi connectivity index (χ0) is 14.4. The summed E-state index contributed by atoms with van der Waals surface area (Å²) in [6, 6.07) is 9.61. The highest BCUT2D eigenvalue weighted by atomic mass is 14.9. The molecule has 0 aliphatic heterocycles. The molecule has 1 unspecified atom stereocenters. The molecule has 1 atom stereocenters. The summed E-state index contributed by atoms with van der Waals surface area (Å²) < 4.78 is 0. The van der Waals surface area contributed by atoms with Gasteiger partial charge in [-0.15, -0.1) is 0 Å². The van der Waals surface area contributed by atoms with E-state index in [4.69, 9.17) is 0 Å². The van der Waals surface area contributed by atoms with E-state index in [1.54, 1.807) is 11.1 Å². The Morgan fingerprint density at radius 1 is 1.05 bits per heavy atom. The van der Waals surface area contributed by atoms with Gasteiger partial charge in [0, 0.05) is 6.04 Å². The maximum atomic E-state index is 3.89. The Kier molecular flexibility index (Phi) is 3.44. The first-order valence-electron chi connectivity index (χ1n) is 8.26. The van der Waals surface area contributed by atoms with E-state index in [1.165, 1.54) is 32.2 Å². The molecule has 1 aromatic carbocycles. The van der Waals surface area contributed by atoms with E-state index < -0.39 is 0 Å². The van der Waals surface area contributed by atoms with Crippen molar-refractivity contribution in [2.45, 2.75) is 59.4 Å². The molecule has 1 fully saturated rings. The molecule has 2 aliphatic rings. The fraction of sp³-hybridized carbons (Fsp3) is 0.684. The third kappa shape index (κ3) is 2.20. The highest BCUT2D eigenvalue weighted by Gasteiger charge is 2.63. The largest absolute Gasteiger partial charge is 0.310 e. The molecular formula is C19H29N. The van der Waals surface area contributed by atoms with Gasteiger partial charge in [0.2, 0.25) is 0 Å². The predicted molar refractivity (Wildman–Crippen MR) is 85.8 cm³/mol. The summed E-state index contributed by atoms with van der Waals surface area (Å²) in [5.41, 5.74) is 4.10. The van der Waals surface area contributed by atoms with Crippen LogP contribution in [-0.4, -0.2) is 6.54 Å². The summed E-state index contributed by atoms with van der Waals surface area (Å²) in [7, 11) is 0. The zero-order valence-electron chi connectivity index (χ0n) is 13.5. The van der Waals surface area contributed by atoms with Crippen LogP contribution in [0.2, 0.25) is 0 Å². The van der Waals surface area contributed by atoms with Crippen molar-refractivity contribution in [1.29, 1.82) is 0 Å². The summed E-state index contributed by atoms with van der Waals surface area (Å²) >= 11 is 0. The van der Waals surface area contributed by atoms with Gasteiger partial charge in [0.25, 0.3) is 0 Å². The highest BCUT2D eigenvalue weighted by molar-refractivity contribution is 5.31. The lowest BCUT2D eigenvalue weighted by atomic mass is 9.99. The van der Waals surface area contributed by atoms with Crippen molar-refractivity contribution in [2.24, 2.45) is 16.7 Å². The summed E-state index contributed by atoms with van der Waals surface area (Å²) in [5.74, 6) is 0.811. The van der Waals surface area contributed by atoms with E-state index in [9.17, 15) is 0 Å². The third-order valence-electron chi connectivity index (χ3n) is 6.51. The molecule has 1 heteroatoms. The van der Waals surface area contributed by atoms with Gasteiger partial charge in [-0.05, 0) is 53.7 Å². The molecule has 0 amide bonds. The lowest BCUT2D eigenvalue weighted by Gasteiger charge is -2.20. The third-order valence-corrected chi connectivity index (χ3v) is 6.51. The van der Waals surface area contributed by atoms with Crippen LogP contribution in [-0.2, 0) is 6.42 Å². The predicted octanol–water partition coefficient (Wildman–Crippen LogP) is 4.73. The molecule has 0 bridgehead atoms. The van der Waals surface area contributed by atoms with Gasteiger partial charge >= 0.3 is 0 Å². The molecule has 0 spiro atoms. The average Bonchev–Trinajstić information content (AvgIpc) is 2.90. The van der Waals surface area contributed by atoms with Gasteiger partial charge in [0.05, 0.1) is 0 Å². The molecule has 1 nitrogen and oxygen atoms in total. The Morgan fingerprint density at radius 3 is 2.45 bits per heavy atom. The molecule has 1 N–H and O–H groups in total. The number of fused-ring (bicyclic) bond motifs is 1. The van der Waals surface area contributed by atoms with Gasteiger partial charge in [-0.1, -0.05) is 58.4 Å². The van der Waals surface area contributed by atoms with E-state index >= 15 is 0 Å². The van der Waals surface area contributed by atoms with E-state index in [1.807, 2.05) is 0 Å². The Bertz CT molecular complexity index is 472. The minimum absolute atomic E-state index is 0.490. The minimum atomic E-state index is 0.490. The van der Waals surface area contributed by atoms with Crippen LogP contribution in [0.15, 0.2) is 24.3 Å². The van der Waals surface area contributed by atoms with Gasteiger partial charge in [-0.3, -0.25) is 0 Å². The van der Waals surface area contributed by atoms with Crippen molar-refractivity contribution in [3.05, 3.63) is 35.4 Å². The minimum Gasteiger partial charge on any atom is -0.310 e. The van der Waals surface area contributed by atoms with Crippen molar-refractivity contribution >= 4 is 0 Å². The second-order valence-electron chi connectivity index (χ2n) is 7.90. The quantitative estimate of drug-likeness (QED) is 0.784. The van der Waals surface area contributed by atoms with E-state index in [-0.39, 0.29) is 0 Å². The Balaban J connectivity index is 1.70. The summed E-state index contributed by atoms with van der Waals surface area (Å²) in [6.45, 7) is 10.8. The van der Waals surface area contributed by atoms with Crippen molar-refractivity contribution in [3.63, 3.8) is 0 Å². The first-order valence-corrected chi connectivity index (χ1v) is 8.26. The zero-order valence-corrected chi connectivity index (χ0v) is 13.5.